The molecule has 11 unspecified atom stereocenters. The SMILES string of the molecule is C[C@H]1O[C@@H](OC2C(O)[C@@H](NC(=O)CCCCCCCCCCC(=O)O)C(CO)O[C@H]2OC(=O)[C@]23CCC(C)(C)CC2C2=CCC4C5(C)CC[C@H](O)[C@](C)(C=O)[C@@H]5CC[C@]4(C)[C@]2(C)CC3O)C(O)C(O)[C@H]1O[C@@H]1OC[C@@H](O)C(O)C1O. The molecule has 456 valence electrons. The molecule has 80 heavy (non-hydrogen) atoms. The molecule has 0 spiro atoms. The molecule has 3 heterocycles. The summed E-state index contributed by atoms with van der Waals surface area (Å²) in [7, 11) is 0. The first-order chi connectivity index (χ1) is 37.6. The van der Waals surface area contributed by atoms with Gasteiger partial charge in [-0.15, -0.1) is 0 Å². The molecular weight excluding hydrogens is 1040 g/mol. The van der Waals surface area contributed by atoms with E-state index < -0.39 is 151 Å². The molecule has 3 aliphatic heterocycles. The molecule has 8 rings (SSSR count). The molecule has 7 fully saturated rings. The van der Waals surface area contributed by atoms with Crippen molar-refractivity contribution in [3.8, 4) is 0 Å². The topological polar surface area (TPSA) is 338 Å². The second-order valence-electron chi connectivity index (χ2n) is 27.1. The summed E-state index contributed by atoms with van der Waals surface area (Å²) in [6.45, 7) is 13.3. The lowest BCUT2D eigenvalue weighted by molar-refractivity contribution is -0.370. The maximum atomic E-state index is 15.7. The van der Waals surface area contributed by atoms with Gasteiger partial charge in [-0.05, 0) is 117 Å². The number of hydrogen-bond acceptors (Lipinski definition) is 19. The molecule has 11 N–H and O–H groups in total. The van der Waals surface area contributed by atoms with Crippen LogP contribution in [0.5, 0.6) is 0 Å². The number of aliphatic hydroxyl groups is 9. The summed E-state index contributed by atoms with van der Waals surface area (Å²) in [4.78, 5) is 52.9. The van der Waals surface area contributed by atoms with Crippen molar-refractivity contribution >= 4 is 24.1 Å². The third-order valence-electron chi connectivity index (χ3n) is 21.8. The van der Waals surface area contributed by atoms with Crippen molar-refractivity contribution in [3.05, 3.63) is 11.6 Å². The number of unbranched alkanes of at least 4 members (excludes halogenated alkanes) is 7. The van der Waals surface area contributed by atoms with Gasteiger partial charge in [-0.25, -0.2) is 0 Å². The van der Waals surface area contributed by atoms with Crippen molar-refractivity contribution < 1.29 is 98.7 Å². The lowest BCUT2D eigenvalue weighted by atomic mass is 9.33. The lowest BCUT2D eigenvalue weighted by Gasteiger charge is -2.71. The van der Waals surface area contributed by atoms with E-state index in [-0.39, 0.29) is 53.8 Å². The van der Waals surface area contributed by atoms with Gasteiger partial charge in [0.15, 0.2) is 18.7 Å². The van der Waals surface area contributed by atoms with E-state index >= 15 is 4.79 Å². The fourth-order valence-electron chi connectivity index (χ4n) is 16.7. The number of hydrogen-bond donors (Lipinski definition) is 11. The quantitative estimate of drug-likeness (QED) is 0.0361. The summed E-state index contributed by atoms with van der Waals surface area (Å²) in [5, 5.41) is 113. The number of aldehydes is 1. The standard InChI is InChI=1S/C59H95NO20/c1-31-48(78-50-46(72)43(69)34(63)29-75-50)45(71)47(73)51(76-31)79-49-44(70)42(60-40(66)16-14-12-10-8-9-11-13-15-17-41(67)68)35(28-61)77-52(49)80-53(74)59-25-24-54(2,3)26-33(59)32-18-19-37-55(4)22-21-38(64)56(5,30-62)36(55)20-23-57(37,6)58(32,7)27-39(59)65/h18,30-31,33-39,42-52,61,63-65,69-73H,8-17,19-29H2,1-7H3,(H,60,66)(H,67,68)/t31-,33?,34-,35?,36-,37?,38+,39?,42+,43?,44?,45?,46?,47?,48+,49?,50+,51+,52+,55?,56-,57+,58-,59-/m1/s1. The first-order valence-electron chi connectivity index (χ1n) is 29.8. The van der Waals surface area contributed by atoms with Crippen molar-refractivity contribution in [3.63, 3.8) is 0 Å². The van der Waals surface area contributed by atoms with Crippen LogP contribution in [0.15, 0.2) is 11.6 Å². The van der Waals surface area contributed by atoms with E-state index in [9.17, 15) is 60.3 Å². The molecule has 3 saturated heterocycles. The second kappa shape index (κ2) is 24.7. The van der Waals surface area contributed by atoms with Crippen molar-refractivity contribution in [1.82, 2.24) is 5.32 Å². The predicted octanol–water partition coefficient (Wildman–Crippen LogP) is 3.07. The van der Waals surface area contributed by atoms with Gasteiger partial charge < -0.3 is 89.6 Å². The number of nitrogens with one attached hydrogen (secondary N) is 1. The Morgan fingerprint density at radius 2 is 1.34 bits per heavy atom. The number of esters is 1. The fraction of sp³-hybridized carbons (Fsp3) is 0.898. The van der Waals surface area contributed by atoms with Crippen molar-refractivity contribution in [2.75, 3.05) is 13.2 Å². The number of carboxylic acid groups (broad SMARTS) is 1. The van der Waals surface area contributed by atoms with Gasteiger partial charge in [0.2, 0.25) is 12.2 Å². The van der Waals surface area contributed by atoms with Crippen LogP contribution in [0.25, 0.3) is 0 Å². The molecule has 0 aromatic rings. The summed E-state index contributed by atoms with van der Waals surface area (Å²) >= 11 is 0. The molecule has 8 aliphatic rings. The number of carboxylic acids is 1. The van der Waals surface area contributed by atoms with Gasteiger partial charge in [0, 0.05) is 12.8 Å². The Balaban J connectivity index is 1.04. The zero-order valence-electron chi connectivity index (χ0n) is 48.0. The van der Waals surface area contributed by atoms with Gasteiger partial charge in [-0.3, -0.25) is 14.4 Å². The van der Waals surface area contributed by atoms with Crippen LogP contribution in [0.2, 0.25) is 0 Å². The first kappa shape index (κ1) is 63.3. The smallest absolute Gasteiger partial charge is 0.317 e. The Kier molecular flexibility index (Phi) is 19.5. The minimum atomic E-state index is -1.95. The summed E-state index contributed by atoms with van der Waals surface area (Å²) in [6.07, 6.45) is -8.54. The number of aliphatic carboxylic acids is 1. The van der Waals surface area contributed by atoms with Crippen LogP contribution in [0.4, 0.5) is 0 Å². The normalized spacial score (nSPS) is 47.0. The molecule has 24 atom stereocenters. The number of rotatable bonds is 20. The molecule has 4 saturated carbocycles. The van der Waals surface area contributed by atoms with Gasteiger partial charge in [-0.2, -0.15) is 0 Å². The third-order valence-corrected chi connectivity index (χ3v) is 21.8. The van der Waals surface area contributed by atoms with E-state index in [4.69, 9.17) is 33.5 Å². The molecule has 21 heteroatoms. The molecule has 0 bridgehead atoms. The average Bonchev–Trinajstić information content (AvgIpc) is 3.42. The van der Waals surface area contributed by atoms with E-state index in [1.807, 2.05) is 6.92 Å². The number of ether oxygens (including phenoxy) is 6. The number of allylic oxidation sites excluding steroid dienone is 2. The minimum absolute atomic E-state index is 0.0471. The van der Waals surface area contributed by atoms with E-state index in [2.05, 4.69) is 46.0 Å². The minimum Gasteiger partial charge on any atom is -0.481 e. The molecule has 0 aromatic heterocycles. The molecular formula is C59H95NO20. The summed E-state index contributed by atoms with van der Waals surface area (Å²) in [5.74, 6) is -2.57. The summed E-state index contributed by atoms with van der Waals surface area (Å²) in [6, 6.07) is -1.36. The number of carbonyl (C=O) groups excluding carboxylic acids is 3. The molecule has 0 aromatic carbocycles. The van der Waals surface area contributed by atoms with Crippen LogP contribution >= 0.6 is 0 Å². The van der Waals surface area contributed by atoms with Gasteiger partial charge in [0.1, 0.15) is 60.5 Å². The Morgan fingerprint density at radius 1 is 0.700 bits per heavy atom. The zero-order chi connectivity index (χ0) is 58.5. The van der Waals surface area contributed by atoms with Crippen LogP contribution in [0, 0.1) is 50.2 Å². The Morgan fingerprint density at radius 3 is 1.99 bits per heavy atom. The molecule has 5 aliphatic carbocycles. The Hall–Kier alpha value is -2.74. The molecule has 21 nitrogen and oxygen atoms in total. The highest BCUT2D eigenvalue weighted by atomic mass is 16.8. The third kappa shape index (κ3) is 11.6. The predicted molar refractivity (Wildman–Crippen MR) is 284 cm³/mol. The molecule has 1 amide bonds. The first-order valence-corrected chi connectivity index (χ1v) is 29.8. The van der Waals surface area contributed by atoms with E-state index in [1.54, 1.807) is 0 Å². The highest BCUT2D eigenvalue weighted by molar-refractivity contribution is 5.80. The van der Waals surface area contributed by atoms with E-state index in [0.717, 1.165) is 63.2 Å². The Labute approximate surface area is 470 Å². The van der Waals surface area contributed by atoms with Crippen LogP contribution in [0.3, 0.4) is 0 Å². The Bertz CT molecular complexity index is 2220. The highest BCUT2D eigenvalue weighted by Gasteiger charge is 2.72. The second-order valence-corrected chi connectivity index (χ2v) is 27.1. The lowest BCUT2D eigenvalue weighted by Crippen LogP contribution is -2.69. The van der Waals surface area contributed by atoms with Crippen LogP contribution in [0.1, 0.15) is 170 Å². The largest absolute Gasteiger partial charge is 0.481 e. The summed E-state index contributed by atoms with van der Waals surface area (Å²) in [5.41, 5.74) is -2.89. The maximum Gasteiger partial charge on any atom is 0.317 e. The van der Waals surface area contributed by atoms with Crippen molar-refractivity contribution in [2.45, 2.75) is 269 Å². The van der Waals surface area contributed by atoms with E-state index in [0.29, 0.717) is 44.9 Å². The summed E-state index contributed by atoms with van der Waals surface area (Å²) < 4.78 is 36.4. The van der Waals surface area contributed by atoms with Crippen LogP contribution < -0.4 is 5.32 Å². The van der Waals surface area contributed by atoms with Crippen LogP contribution in [-0.4, -0.2) is 187 Å². The maximum absolute atomic E-state index is 15.7. The molecule has 0 radical (unpaired) electrons. The van der Waals surface area contributed by atoms with Gasteiger partial charge in [-0.1, -0.05) is 91.7 Å². The van der Waals surface area contributed by atoms with Crippen LogP contribution in [-0.2, 0) is 47.6 Å². The number of fused-ring (bicyclic) bond motifs is 7. The zero-order valence-corrected chi connectivity index (χ0v) is 48.0. The average molecular weight is 1140 g/mol. The number of carbonyl (C=O) groups is 4. The van der Waals surface area contributed by atoms with Gasteiger partial charge in [0.05, 0.1) is 43.0 Å². The fourth-order valence-corrected chi connectivity index (χ4v) is 16.7. The van der Waals surface area contributed by atoms with E-state index in [1.165, 1.54) is 6.92 Å². The number of aliphatic hydroxyl groups excluding tert-OH is 9. The van der Waals surface area contributed by atoms with Gasteiger partial charge >= 0.3 is 11.9 Å². The monoisotopic (exact) mass is 1140 g/mol. The van der Waals surface area contributed by atoms with Crippen molar-refractivity contribution in [2.24, 2.45) is 50.2 Å². The van der Waals surface area contributed by atoms with Gasteiger partial charge in [0.25, 0.3) is 0 Å². The van der Waals surface area contributed by atoms with Crippen molar-refractivity contribution in [1.29, 1.82) is 0 Å². The highest BCUT2D eigenvalue weighted by Crippen LogP contribution is 2.76. The number of amides is 1.